The fourth-order valence-electron chi connectivity index (χ4n) is 2.29. The van der Waals surface area contributed by atoms with Gasteiger partial charge in [-0.1, -0.05) is 0 Å². The lowest BCUT2D eigenvalue weighted by Crippen LogP contribution is -2.20. The van der Waals surface area contributed by atoms with Crippen LogP contribution in [0.3, 0.4) is 0 Å². The molecule has 140 valence electrons. The molecule has 0 saturated carbocycles. The third-order valence-corrected chi connectivity index (χ3v) is 3.45. The van der Waals surface area contributed by atoms with Crippen LogP contribution in [0.15, 0.2) is 47.3 Å². The maximum atomic E-state index is 12.1. The molecular weight excluding hydrogens is 364 g/mol. The van der Waals surface area contributed by atoms with Crippen LogP contribution in [-0.2, 0) is 9.53 Å². The maximum Gasteiger partial charge on any atom is 0.387 e. The van der Waals surface area contributed by atoms with Gasteiger partial charge in [0, 0.05) is 5.69 Å². The second-order valence-electron chi connectivity index (χ2n) is 5.37. The quantitative estimate of drug-likeness (QED) is 0.570. The Morgan fingerprint density at radius 1 is 1.04 bits per heavy atom. The number of hydrogen-bond acceptors (Lipinski definition) is 5. The van der Waals surface area contributed by atoms with Crippen molar-refractivity contribution in [1.29, 1.82) is 0 Å². The van der Waals surface area contributed by atoms with E-state index < -0.39 is 25.1 Å². The van der Waals surface area contributed by atoms with Gasteiger partial charge in [-0.25, -0.2) is 9.59 Å². The molecule has 0 aliphatic carbocycles. The number of H-pyrrole nitrogens is 2. The molecular formula is C17H13F2N3O5. The first-order chi connectivity index (χ1) is 12.9. The summed E-state index contributed by atoms with van der Waals surface area (Å²) in [6.45, 7) is -3.51. The summed E-state index contributed by atoms with van der Waals surface area (Å²) in [7, 11) is 0. The highest BCUT2D eigenvalue weighted by Gasteiger charge is 2.12. The SMILES string of the molecule is O=C(COC(=O)c1ccc(OC(F)F)cc1)Nc1ccc2[nH]c(=O)[nH]c2c1. The first-order valence-electron chi connectivity index (χ1n) is 7.64. The summed E-state index contributed by atoms with van der Waals surface area (Å²) in [5, 5.41) is 2.53. The number of imidazole rings is 1. The normalized spacial score (nSPS) is 10.8. The van der Waals surface area contributed by atoms with Gasteiger partial charge in [0.15, 0.2) is 6.61 Å². The molecule has 0 aliphatic rings. The van der Waals surface area contributed by atoms with Gasteiger partial charge < -0.3 is 24.8 Å². The third-order valence-electron chi connectivity index (χ3n) is 3.45. The van der Waals surface area contributed by atoms with Gasteiger partial charge >= 0.3 is 18.3 Å². The average Bonchev–Trinajstić information content (AvgIpc) is 2.99. The van der Waals surface area contributed by atoms with Crippen LogP contribution in [0.2, 0.25) is 0 Å². The summed E-state index contributed by atoms with van der Waals surface area (Å²) in [5.41, 5.74) is 1.22. The minimum Gasteiger partial charge on any atom is -0.452 e. The van der Waals surface area contributed by atoms with Crippen molar-refractivity contribution in [3.8, 4) is 5.75 Å². The van der Waals surface area contributed by atoms with E-state index in [1.165, 1.54) is 24.3 Å². The van der Waals surface area contributed by atoms with E-state index in [2.05, 4.69) is 20.0 Å². The fraction of sp³-hybridized carbons (Fsp3) is 0.118. The van der Waals surface area contributed by atoms with E-state index >= 15 is 0 Å². The molecule has 1 amide bonds. The number of carbonyl (C=O) groups is 2. The number of aromatic nitrogens is 2. The molecule has 0 saturated heterocycles. The molecule has 27 heavy (non-hydrogen) atoms. The van der Waals surface area contributed by atoms with Crippen molar-refractivity contribution in [2.75, 3.05) is 11.9 Å². The molecule has 0 fully saturated rings. The lowest BCUT2D eigenvalue weighted by Gasteiger charge is -2.08. The zero-order chi connectivity index (χ0) is 19.4. The Hall–Kier alpha value is -3.69. The van der Waals surface area contributed by atoms with E-state index in [1.807, 2.05) is 0 Å². The number of hydrogen-bond donors (Lipinski definition) is 3. The Bertz CT molecular complexity index is 1030. The summed E-state index contributed by atoms with van der Waals surface area (Å²) in [5.74, 6) is -1.48. The van der Waals surface area contributed by atoms with E-state index in [9.17, 15) is 23.2 Å². The van der Waals surface area contributed by atoms with Crippen molar-refractivity contribution in [1.82, 2.24) is 9.97 Å². The number of alkyl halides is 2. The smallest absolute Gasteiger partial charge is 0.387 e. The molecule has 0 unspecified atom stereocenters. The summed E-state index contributed by atoms with van der Waals surface area (Å²) < 4.78 is 33.2. The number of esters is 1. The molecule has 0 bridgehead atoms. The number of halogens is 2. The number of rotatable bonds is 6. The number of ether oxygens (including phenoxy) is 2. The molecule has 10 heteroatoms. The molecule has 8 nitrogen and oxygen atoms in total. The zero-order valence-electron chi connectivity index (χ0n) is 13.6. The van der Waals surface area contributed by atoms with E-state index in [-0.39, 0.29) is 17.0 Å². The zero-order valence-corrected chi connectivity index (χ0v) is 13.6. The van der Waals surface area contributed by atoms with Gasteiger partial charge in [0.1, 0.15) is 5.75 Å². The summed E-state index contributed by atoms with van der Waals surface area (Å²) in [4.78, 5) is 40.1. The lowest BCUT2D eigenvalue weighted by molar-refractivity contribution is -0.119. The Kier molecular flexibility index (Phi) is 5.15. The Balaban J connectivity index is 1.54. The van der Waals surface area contributed by atoms with Crippen LogP contribution >= 0.6 is 0 Å². The Morgan fingerprint density at radius 2 is 1.74 bits per heavy atom. The number of anilines is 1. The third kappa shape index (κ3) is 4.69. The minimum atomic E-state index is -2.96. The fourth-order valence-corrected chi connectivity index (χ4v) is 2.29. The van der Waals surface area contributed by atoms with E-state index in [0.29, 0.717) is 16.7 Å². The number of benzene rings is 2. The first kappa shape index (κ1) is 18.1. The van der Waals surface area contributed by atoms with Gasteiger partial charge in [0.05, 0.1) is 16.6 Å². The minimum absolute atomic E-state index is 0.0794. The highest BCUT2D eigenvalue weighted by Crippen LogP contribution is 2.16. The highest BCUT2D eigenvalue weighted by atomic mass is 19.3. The average molecular weight is 377 g/mol. The molecule has 3 aromatic rings. The van der Waals surface area contributed by atoms with Gasteiger partial charge in [0.25, 0.3) is 5.91 Å². The molecule has 1 heterocycles. The highest BCUT2D eigenvalue weighted by molar-refractivity contribution is 5.96. The van der Waals surface area contributed by atoms with Gasteiger partial charge in [-0.05, 0) is 42.5 Å². The molecule has 2 aromatic carbocycles. The topological polar surface area (TPSA) is 113 Å². The number of nitrogens with one attached hydrogen (secondary N) is 3. The Labute approximate surface area is 150 Å². The summed E-state index contributed by atoms with van der Waals surface area (Å²) >= 11 is 0. The number of fused-ring (bicyclic) bond motifs is 1. The van der Waals surface area contributed by atoms with Crippen molar-refractivity contribution in [3.63, 3.8) is 0 Å². The summed E-state index contributed by atoms with van der Waals surface area (Å²) in [6.07, 6.45) is 0. The molecule has 3 rings (SSSR count). The van der Waals surface area contributed by atoms with Crippen molar-refractivity contribution < 1.29 is 27.8 Å². The standard InChI is InChI=1S/C17H13F2N3O5/c18-16(19)27-11-4-1-9(2-5-11)15(24)26-8-14(23)20-10-3-6-12-13(7-10)22-17(25)21-12/h1-7,16H,8H2,(H,20,23)(H2,21,22,25). The lowest BCUT2D eigenvalue weighted by atomic mass is 10.2. The Morgan fingerprint density at radius 3 is 2.44 bits per heavy atom. The van der Waals surface area contributed by atoms with Crippen LogP contribution in [0.5, 0.6) is 5.75 Å². The predicted molar refractivity (Wildman–Crippen MR) is 90.9 cm³/mol. The molecule has 1 aromatic heterocycles. The molecule has 0 atom stereocenters. The number of amides is 1. The van der Waals surface area contributed by atoms with Crippen LogP contribution in [-0.4, -0.2) is 35.1 Å². The van der Waals surface area contributed by atoms with E-state index in [1.54, 1.807) is 18.2 Å². The predicted octanol–water partition coefficient (Wildman–Crippen LogP) is 2.25. The second kappa shape index (κ2) is 7.68. The van der Waals surface area contributed by atoms with Crippen LogP contribution in [0.25, 0.3) is 11.0 Å². The second-order valence-corrected chi connectivity index (χ2v) is 5.37. The van der Waals surface area contributed by atoms with Gasteiger partial charge in [-0.2, -0.15) is 8.78 Å². The van der Waals surface area contributed by atoms with Gasteiger partial charge in [0.2, 0.25) is 0 Å². The van der Waals surface area contributed by atoms with Gasteiger partial charge in [-0.3, -0.25) is 4.79 Å². The van der Waals surface area contributed by atoms with Crippen molar-refractivity contribution in [2.45, 2.75) is 6.61 Å². The van der Waals surface area contributed by atoms with Crippen LogP contribution in [0, 0.1) is 0 Å². The monoisotopic (exact) mass is 377 g/mol. The number of carbonyl (C=O) groups excluding carboxylic acids is 2. The molecule has 0 spiro atoms. The van der Waals surface area contributed by atoms with E-state index in [4.69, 9.17) is 4.74 Å². The molecule has 3 N–H and O–H groups in total. The maximum absolute atomic E-state index is 12.1. The number of aromatic amines is 2. The van der Waals surface area contributed by atoms with Crippen LogP contribution in [0.4, 0.5) is 14.5 Å². The molecule has 0 radical (unpaired) electrons. The van der Waals surface area contributed by atoms with E-state index in [0.717, 1.165) is 0 Å². The first-order valence-corrected chi connectivity index (χ1v) is 7.64. The van der Waals surface area contributed by atoms with Crippen LogP contribution < -0.4 is 15.7 Å². The van der Waals surface area contributed by atoms with Gasteiger partial charge in [-0.15, -0.1) is 0 Å². The largest absolute Gasteiger partial charge is 0.452 e. The van der Waals surface area contributed by atoms with Crippen molar-refractivity contribution in [3.05, 3.63) is 58.5 Å². The van der Waals surface area contributed by atoms with Crippen molar-refractivity contribution in [2.24, 2.45) is 0 Å². The summed E-state index contributed by atoms with van der Waals surface area (Å²) in [6, 6.07) is 9.60. The molecule has 0 aliphatic heterocycles. The van der Waals surface area contributed by atoms with Crippen LogP contribution in [0.1, 0.15) is 10.4 Å². The van der Waals surface area contributed by atoms with Crippen molar-refractivity contribution >= 4 is 28.6 Å².